The largest absolute Gasteiger partial charge is 0.389 e. The zero-order valence-electron chi connectivity index (χ0n) is 14.7. The Balaban J connectivity index is 1.88. The first-order valence-electron chi connectivity index (χ1n) is 8.34. The molecule has 0 unspecified atom stereocenters. The second-order valence-corrected chi connectivity index (χ2v) is 6.52. The van der Waals surface area contributed by atoms with Crippen molar-refractivity contribution in [1.82, 2.24) is 9.80 Å². The first-order chi connectivity index (χ1) is 11.4. The smallest absolute Gasteiger partial charge is 0.223 e. The van der Waals surface area contributed by atoms with Gasteiger partial charge in [-0.1, -0.05) is 12.1 Å². The number of amides is 2. The van der Waals surface area contributed by atoms with Crippen molar-refractivity contribution < 1.29 is 14.7 Å². The van der Waals surface area contributed by atoms with Crippen molar-refractivity contribution in [1.29, 1.82) is 0 Å². The van der Waals surface area contributed by atoms with E-state index in [1.54, 1.807) is 9.80 Å². The van der Waals surface area contributed by atoms with Crippen LogP contribution in [0.2, 0.25) is 0 Å². The normalized spacial score (nSPS) is 18.2. The SMILES string of the molecule is CC(=O)N1CCN(C(=O)CCc2ccc(N(C)C)cc2)C[C@@H](O)C1. The summed E-state index contributed by atoms with van der Waals surface area (Å²) in [6.45, 7) is 3.04. The first kappa shape index (κ1) is 18.3. The van der Waals surface area contributed by atoms with E-state index in [-0.39, 0.29) is 11.8 Å². The van der Waals surface area contributed by atoms with Crippen molar-refractivity contribution in [3.63, 3.8) is 0 Å². The van der Waals surface area contributed by atoms with Crippen molar-refractivity contribution in [3.8, 4) is 0 Å². The molecular weight excluding hydrogens is 306 g/mol. The van der Waals surface area contributed by atoms with Gasteiger partial charge in [-0.15, -0.1) is 0 Å². The van der Waals surface area contributed by atoms with Crippen LogP contribution in [0.4, 0.5) is 5.69 Å². The van der Waals surface area contributed by atoms with Gasteiger partial charge in [0.25, 0.3) is 0 Å². The molecule has 0 bridgehead atoms. The third kappa shape index (κ3) is 4.96. The van der Waals surface area contributed by atoms with Crippen LogP contribution in [-0.2, 0) is 16.0 Å². The molecule has 1 aromatic rings. The summed E-state index contributed by atoms with van der Waals surface area (Å²) in [5.74, 6) is -0.0412. The predicted octanol–water partition coefficient (Wildman–Crippen LogP) is 0.737. The molecule has 6 nitrogen and oxygen atoms in total. The van der Waals surface area contributed by atoms with Gasteiger partial charge in [-0.3, -0.25) is 9.59 Å². The molecule has 1 aliphatic heterocycles. The maximum atomic E-state index is 12.4. The Labute approximate surface area is 143 Å². The number of nitrogens with zero attached hydrogens (tertiary/aromatic N) is 3. The highest BCUT2D eigenvalue weighted by atomic mass is 16.3. The van der Waals surface area contributed by atoms with Gasteiger partial charge in [-0.2, -0.15) is 0 Å². The van der Waals surface area contributed by atoms with Crippen LogP contribution in [0.25, 0.3) is 0 Å². The average molecular weight is 333 g/mol. The minimum absolute atomic E-state index is 0.0242. The molecule has 1 atom stereocenters. The molecule has 1 saturated heterocycles. The van der Waals surface area contributed by atoms with Gasteiger partial charge in [0.2, 0.25) is 11.8 Å². The lowest BCUT2D eigenvalue weighted by atomic mass is 10.1. The molecule has 24 heavy (non-hydrogen) atoms. The highest BCUT2D eigenvalue weighted by molar-refractivity contribution is 5.77. The topological polar surface area (TPSA) is 64.1 Å². The Morgan fingerprint density at radius 3 is 2.29 bits per heavy atom. The molecule has 6 heteroatoms. The fourth-order valence-electron chi connectivity index (χ4n) is 2.87. The van der Waals surface area contributed by atoms with Crippen LogP contribution in [0.3, 0.4) is 0 Å². The van der Waals surface area contributed by atoms with Crippen LogP contribution in [-0.4, -0.2) is 73.1 Å². The molecule has 1 aromatic carbocycles. The molecule has 0 aromatic heterocycles. The lowest BCUT2D eigenvalue weighted by Crippen LogP contribution is -2.37. The minimum atomic E-state index is -0.681. The standard InChI is InChI=1S/C18H27N3O3/c1-14(22)20-10-11-21(13-17(23)12-20)18(24)9-6-15-4-7-16(8-5-15)19(2)3/h4-5,7-8,17,23H,6,9-13H2,1-3H3/t17-/m0/s1. The number of carbonyl (C=O) groups is 2. The average Bonchev–Trinajstić information content (AvgIpc) is 2.75. The summed E-state index contributed by atoms with van der Waals surface area (Å²) in [6.07, 6.45) is 0.406. The summed E-state index contributed by atoms with van der Waals surface area (Å²) in [5.41, 5.74) is 2.25. The Morgan fingerprint density at radius 2 is 1.71 bits per heavy atom. The molecule has 2 amide bonds. The summed E-state index contributed by atoms with van der Waals surface area (Å²) >= 11 is 0. The summed E-state index contributed by atoms with van der Waals surface area (Å²) < 4.78 is 0. The minimum Gasteiger partial charge on any atom is -0.389 e. The second-order valence-electron chi connectivity index (χ2n) is 6.52. The van der Waals surface area contributed by atoms with E-state index in [1.807, 2.05) is 43.3 Å². The van der Waals surface area contributed by atoms with E-state index in [0.29, 0.717) is 39.0 Å². The first-order valence-corrected chi connectivity index (χ1v) is 8.34. The van der Waals surface area contributed by atoms with Crippen molar-refractivity contribution >= 4 is 17.5 Å². The monoisotopic (exact) mass is 333 g/mol. The van der Waals surface area contributed by atoms with Crippen LogP contribution in [0.5, 0.6) is 0 Å². The van der Waals surface area contributed by atoms with Crippen molar-refractivity contribution in [2.45, 2.75) is 25.9 Å². The van der Waals surface area contributed by atoms with Crippen LogP contribution >= 0.6 is 0 Å². The number of benzene rings is 1. The molecule has 1 N–H and O–H groups in total. The van der Waals surface area contributed by atoms with Crippen LogP contribution in [0.1, 0.15) is 18.9 Å². The van der Waals surface area contributed by atoms with Gasteiger partial charge in [-0.05, 0) is 24.1 Å². The van der Waals surface area contributed by atoms with Crippen molar-refractivity contribution in [3.05, 3.63) is 29.8 Å². The molecule has 0 spiro atoms. The van der Waals surface area contributed by atoms with Crippen LogP contribution in [0.15, 0.2) is 24.3 Å². The third-order valence-electron chi connectivity index (χ3n) is 4.38. The van der Waals surface area contributed by atoms with E-state index >= 15 is 0 Å². The zero-order chi connectivity index (χ0) is 17.7. The number of hydrogen-bond donors (Lipinski definition) is 1. The number of aliphatic hydroxyl groups is 1. The van der Waals surface area contributed by atoms with Gasteiger partial charge >= 0.3 is 0 Å². The van der Waals surface area contributed by atoms with Gasteiger partial charge in [0.05, 0.1) is 6.10 Å². The maximum absolute atomic E-state index is 12.4. The number of anilines is 1. The highest BCUT2D eigenvalue weighted by Crippen LogP contribution is 2.14. The van der Waals surface area contributed by atoms with E-state index in [4.69, 9.17) is 0 Å². The molecule has 2 rings (SSSR count). The Kier molecular flexibility index (Phi) is 6.20. The Morgan fingerprint density at radius 1 is 1.12 bits per heavy atom. The molecule has 1 fully saturated rings. The summed E-state index contributed by atoms with van der Waals surface area (Å²) in [6, 6.07) is 8.16. The number of carbonyl (C=O) groups excluding carboxylic acids is 2. The number of aryl methyl sites for hydroxylation is 1. The van der Waals surface area contributed by atoms with Gasteiger partial charge in [0.1, 0.15) is 0 Å². The van der Waals surface area contributed by atoms with E-state index in [9.17, 15) is 14.7 Å². The number of aliphatic hydroxyl groups excluding tert-OH is 1. The Bertz CT molecular complexity index is 571. The number of β-amino-alcohol motifs (C(OH)–C–C–N with tert-alkyl or cyclic N) is 1. The number of rotatable bonds is 4. The third-order valence-corrected chi connectivity index (χ3v) is 4.38. The molecule has 0 saturated carbocycles. The quantitative estimate of drug-likeness (QED) is 0.883. The number of hydrogen-bond acceptors (Lipinski definition) is 4. The Hall–Kier alpha value is -2.08. The van der Waals surface area contributed by atoms with E-state index < -0.39 is 6.10 Å². The summed E-state index contributed by atoms with van der Waals surface area (Å²) in [5, 5.41) is 10.0. The molecule has 1 heterocycles. The predicted molar refractivity (Wildman–Crippen MR) is 93.9 cm³/mol. The zero-order valence-corrected chi connectivity index (χ0v) is 14.7. The van der Waals surface area contributed by atoms with Gasteiger partial charge in [0.15, 0.2) is 0 Å². The fraction of sp³-hybridized carbons (Fsp3) is 0.556. The molecule has 1 aliphatic rings. The molecule has 0 aliphatic carbocycles. The maximum Gasteiger partial charge on any atom is 0.223 e. The van der Waals surface area contributed by atoms with E-state index in [1.165, 1.54) is 6.92 Å². The van der Waals surface area contributed by atoms with Gasteiger partial charge in [0, 0.05) is 59.3 Å². The highest BCUT2D eigenvalue weighted by Gasteiger charge is 2.25. The lowest BCUT2D eigenvalue weighted by molar-refractivity contribution is -0.132. The molecule has 132 valence electrons. The second kappa shape index (κ2) is 8.15. The van der Waals surface area contributed by atoms with E-state index in [0.717, 1.165) is 11.3 Å². The van der Waals surface area contributed by atoms with Crippen LogP contribution in [0, 0.1) is 0 Å². The summed E-state index contributed by atoms with van der Waals surface area (Å²) in [7, 11) is 3.99. The van der Waals surface area contributed by atoms with E-state index in [2.05, 4.69) is 0 Å². The van der Waals surface area contributed by atoms with Gasteiger partial charge < -0.3 is 19.8 Å². The van der Waals surface area contributed by atoms with Gasteiger partial charge in [-0.25, -0.2) is 0 Å². The fourth-order valence-corrected chi connectivity index (χ4v) is 2.87. The van der Waals surface area contributed by atoms with Crippen molar-refractivity contribution in [2.24, 2.45) is 0 Å². The molecular formula is C18H27N3O3. The van der Waals surface area contributed by atoms with Crippen LogP contribution < -0.4 is 4.90 Å². The lowest BCUT2D eigenvalue weighted by Gasteiger charge is -2.21. The van der Waals surface area contributed by atoms with Crippen molar-refractivity contribution in [2.75, 3.05) is 45.2 Å². The molecule has 0 radical (unpaired) electrons. The summed E-state index contributed by atoms with van der Waals surface area (Å²) in [4.78, 5) is 29.2.